The zero-order valence-corrected chi connectivity index (χ0v) is 13.6. The van der Waals surface area contributed by atoms with E-state index in [1.165, 1.54) is 0 Å². The van der Waals surface area contributed by atoms with Crippen molar-refractivity contribution < 1.29 is 19.4 Å². The van der Waals surface area contributed by atoms with Gasteiger partial charge in [-0.1, -0.05) is 6.07 Å². The van der Waals surface area contributed by atoms with E-state index >= 15 is 0 Å². The molecule has 1 saturated heterocycles. The number of nitrogens with zero attached hydrogens (tertiary/aromatic N) is 2. The standard InChI is InChI=1S/C16H25N3O4/c1-19(8-12-4-3-5-17-6-12)9-15(20)18-7-13-10-23-11-14(22-2)16(13)21/h3-6,13-14,16,21H,7-11H2,1-2H3,(H,18,20)/t13-,14-,16+/m1/s1. The molecule has 0 unspecified atom stereocenters. The number of aliphatic hydroxyl groups excluding tert-OH is 1. The van der Waals surface area contributed by atoms with Crippen molar-refractivity contribution in [2.75, 3.05) is 40.5 Å². The van der Waals surface area contributed by atoms with E-state index in [-0.39, 0.29) is 24.5 Å². The first-order chi connectivity index (χ1) is 11.1. The first kappa shape index (κ1) is 17.8. The van der Waals surface area contributed by atoms with E-state index in [2.05, 4.69) is 10.3 Å². The van der Waals surface area contributed by atoms with Crippen LogP contribution in [0.1, 0.15) is 5.56 Å². The minimum atomic E-state index is -0.623. The number of carbonyl (C=O) groups is 1. The van der Waals surface area contributed by atoms with Crippen LogP contribution in [0.3, 0.4) is 0 Å². The average molecular weight is 323 g/mol. The van der Waals surface area contributed by atoms with Crippen LogP contribution in [0.25, 0.3) is 0 Å². The molecule has 1 amide bonds. The topological polar surface area (TPSA) is 83.9 Å². The predicted octanol–water partition coefficient (Wildman–Crippen LogP) is -0.348. The van der Waals surface area contributed by atoms with Crippen LogP contribution < -0.4 is 5.32 Å². The molecule has 0 aromatic carbocycles. The summed E-state index contributed by atoms with van der Waals surface area (Å²) >= 11 is 0. The lowest BCUT2D eigenvalue weighted by Gasteiger charge is -2.33. The Morgan fingerprint density at radius 1 is 1.57 bits per heavy atom. The lowest BCUT2D eigenvalue weighted by Crippen LogP contribution is -2.50. The maximum Gasteiger partial charge on any atom is 0.234 e. The second-order valence-corrected chi connectivity index (χ2v) is 5.90. The van der Waals surface area contributed by atoms with Gasteiger partial charge in [0.05, 0.1) is 25.9 Å². The van der Waals surface area contributed by atoms with Crippen molar-refractivity contribution in [2.24, 2.45) is 5.92 Å². The van der Waals surface area contributed by atoms with E-state index < -0.39 is 6.10 Å². The number of carbonyl (C=O) groups excluding carboxylic acids is 1. The number of hydrogen-bond donors (Lipinski definition) is 2. The van der Waals surface area contributed by atoms with Gasteiger partial charge in [0.2, 0.25) is 5.91 Å². The van der Waals surface area contributed by atoms with Crippen molar-refractivity contribution in [3.8, 4) is 0 Å². The molecule has 0 aliphatic carbocycles. The van der Waals surface area contributed by atoms with E-state index in [1.807, 2.05) is 24.1 Å². The molecule has 23 heavy (non-hydrogen) atoms. The summed E-state index contributed by atoms with van der Waals surface area (Å²) in [6.45, 7) is 2.12. The molecule has 2 N–H and O–H groups in total. The van der Waals surface area contributed by atoms with E-state index in [4.69, 9.17) is 9.47 Å². The molecule has 3 atom stereocenters. The Kier molecular flexibility index (Phi) is 6.91. The molecule has 7 heteroatoms. The summed E-state index contributed by atoms with van der Waals surface area (Å²) in [4.78, 5) is 18.0. The van der Waals surface area contributed by atoms with Gasteiger partial charge in [0.15, 0.2) is 0 Å². The largest absolute Gasteiger partial charge is 0.390 e. The van der Waals surface area contributed by atoms with Crippen molar-refractivity contribution >= 4 is 5.91 Å². The fourth-order valence-electron chi connectivity index (χ4n) is 2.63. The molecule has 1 aromatic heterocycles. The third-order valence-corrected chi connectivity index (χ3v) is 3.93. The number of amides is 1. The molecule has 0 bridgehead atoms. The van der Waals surface area contributed by atoms with Crippen LogP contribution in [0.5, 0.6) is 0 Å². The maximum absolute atomic E-state index is 12.0. The van der Waals surface area contributed by atoms with Crippen LogP contribution in [-0.2, 0) is 20.8 Å². The van der Waals surface area contributed by atoms with Crippen molar-refractivity contribution in [2.45, 2.75) is 18.8 Å². The average Bonchev–Trinajstić information content (AvgIpc) is 2.54. The number of aromatic nitrogens is 1. The highest BCUT2D eigenvalue weighted by atomic mass is 16.5. The predicted molar refractivity (Wildman–Crippen MR) is 84.7 cm³/mol. The molecule has 1 fully saturated rings. The minimum Gasteiger partial charge on any atom is -0.390 e. The van der Waals surface area contributed by atoms with Crippen LogP contribution in [0.2, 0.25) is 0 Å². The van der Waals surface area contributed by atoms with Gasteiger partial charge in [-0.3, -0.25) is 14.7 Å². The first-order valence-corrected chi connectivity index (χ1v) is 7.73. The Labute approximate surface area is 136 Å². The Hall–Kier alpha value is -1.54. The summed E-state index contributed by atoms with van der Waals surface area (Å²) in [6, 6.07) is 3.85. The second-order valence-electron chi connectivity index (χ2n) is 5.90. The van der Waals surface area contributed by atoms with E-state index in [0.717, 1.165) is 5.56 Å². The number of hydrogen-bond acceptors (Lipinski definition) is 6. The van der Waals surface area contributed by atoms with Crippen LogP contribution >= 0.6 is 0 Å². The number of ether oxygens (including phenoxy) is 2. The lowest BCUT2D eigenvalue weighted by atomic mass is 9.96. The zero-order chi connectivity index (χ0) is 16.7. The molecule has 7 nitrogen and oxygen atoms in total. The molecule has 1 aliphatic heterocycles. The van der Waals surface area contributed by atoms with Gasteiger partial charge in [-0.15, -0.1) is 0 Å². The molecular formula is C16H25N3O4. The number of nitrogens with one attached hydrogen (secondary N) is 1. The van der Waals surface area contributed by atoms with Crippen molar-refractivity contribution in [3.05, 3.63) is 30.1 Å². The highest BCUT2D eigenvalue weighted by molar-refractivity contribution is 5.77. The lowest BCUT2D eigenvalue weighted by molar-refractivity contribution is -0.136. The Morgan fingerprint density at radius 2 is 2.39 bits per heavy atom. The number of methoxy groups -OCH3 is 1. The van der Waals surface area contributed by atoms with Crippen LogP contribution in [0.4, 0.5) is 0 Å². The molecule has 0 spiro atoms. The highest BCUT2D eigenvalue weighted by Crippen LogP contribution is 2.16. The summed E-state index contributed by atoms with van der Waals surface area (Å²) in [7, 11) is 3.43. The van der Waals surface area contributed by atoms with Gasteiger partial charge in [0.1, 0.15) is 6.10 Å². The highest BCUT2D eigenvalue weighted by Gasteiger charge is 2.32. The van der Waals surface area contributed by atoms with E-state index in [9.17, 15) is 9.90 Å². The first-order valence-electron chi connectivity index (χ1n) is 7.73. The Bertz CT molecular complexity index is 485. The molecule has 0 radical (unpaired) electrons. The smallest absolute Gasteiger partial charge is 0.234 e. The second kappa shape index (κ2) is 8.93. The monoisotopic (exact) mass is 323 g/mol. The molecule has 1 aromatic rings. The number of aliphatic hydroxyl groups is 1. The molecule has 1 aliphatic rings. The number of likely N-dealkylation sites (N-methyl/N-ethyl adjacent to an activating group) is 1. The summed E-state index contributed by atoms with van der Waals surface area (Å²) in [6.07, 6.45) is 2.55. The quantitative estimate of drug-likeness (QED) is 0.714. The molecule has 0 saturated carbocycles. The van der Waals surface area contributed by atoms with Gasteiger partial charge in [-0.2, -0.15) is 0 Å². The zero-order valence-electron chi connectivity index (χ0n) is 13.6. The fourth-order valence-corrected chi connectivity index (χ4v) is 2.63. The van der Waals surface area contributed by atoms with Crippen LogP contribution in [0, 0.1) is 5.92 Å². The van der Waals surface area contributed by atoms with Crippen molar-refractivity contribution in [1.29, 1.82) is 0 Å². The summed E-state index contributed by atoms with van der Waals surface area (Å²) in [5.74, 6) is -0.232. The van der Waals surface area contributed by atoms with E-state index in [1.54, 1.807) is 19.5 Å². The summed E-state index contributed by atoms with van der Waals surface area (Å²) in [5, 5.41) is 13.0. The third-order valence-electron chi connectivity index (χ3n) is 3.93. The Balaban J connectivity index is 1.72. The van der Waals surface area contributed by atoms with Gasteiger partial charge < -0.3 is 19.9 Å². The third kappa shape index (κ3) is 5.54. The van der Waals surface area contributed by atoms with Crippen LogP contribution in [0.15, 0.2) is 24.5 Å². The van der Waals surface area contributed by atoms with Gasteiger partial charge in [-0.25, -0.2) is 0 Å². The SMILES string of the molecule is CO[C@@H]1COC[C@@H](CNC(=O)CN(C)Cc2cccnc2)[C@@H]1O. The van der Waals surface area contributed by atoms with Crippen molar-refractivity contribution in [1.82, 2.24) is 15.2 Å². The van der Waals surface area contributed by atoms with Crippen LogP contribution in [-0.4, -0.2) is 73.6 Å². The van der Waals surface area contributed by atoms with Gasteiger partial charge in [0.25, 0.3) is 0 Å². The van der Waals surface area contributed by atoms with Crippen molar-refractivity contribution in [3.63, 3.8) is 0 Å². The molecule has 128 valence electrons. The van der Waals surface area contributed by atoms with E-state index in [0.29, 0.717) is 26.3 Å². The molecule has 2 rings (SSSR count). The summed E-state index contributed by atoms with van der Waals surface area (Å²) < 4.78 is 10.6. The van der Waals surface area contributed by atoms with Gasteiger partial charge in [-0.05, 0) is 18.7 Å². The fraction of sp³-hybridized carbons (Fsp3) is 0.625. The van der Waals surface area contributed by atoms with Gasteiger partial charge >= 0.3 is 0 Å². The minimum absolute atomic E-state index is 0.0804. The molecular weight excluding hydrogens is 298 g/mol. The summed E-state index contributed by atoms with van der Waals surface area (Å²) in [5.41, 5.74) is 1.06. The normalized spacial score (nSPS) is 24.6. The number of pyridine rings is 1. The Morgan fingerprint density at radius 3 is 3.09 bits per heavy atom. The molecule has 2 heterocycles. The van der Waals surface area contributed by atoms with Gasteiger partial charge in [0, 0.05) is 38.5 Å². The number of rotatable bonds is 7. The maximum atomic E-state index is 12.0.